The number of aliphatic hydroxyl groups excluding tert-OH is 2. The molecule has 0 amide bonds. The van der Waals surface area contributed by atoms with Crippen LogP contribution in [0.25, 0.3) is 0 Å². The van der Waals surface area contributed by atoms with Gasteiger partial charge >= 0.3 is 23.9 Å². The Bertz CT molecular complexity index is 780. The molecule has 1 unspecified atom stereocenters. The van der Waals surface area contributed by atoms with Crippen molar-refractivity contribution in [2.24, 2.45) is 0 Å². The van der Waals surface area contributed by atoms with E-state index in [1.165, 1.54) is 6.92 Å². The van der Waals surface area contributed by atoms with E-state index >= 15 is 0 Å². The van der Waals surface area contributed by atoms with E-state index in [1.54, 1.807) is 0 Å². The Labute approximate surface area is 153 Å². The lowest BCUT2D eigenvalue weighted by molar-refractivity contribution is -0.140. The second-order valence-corrected chi connectivity index (χ2v) is 5.35. The van der Waals surface area contributed by atoms with Gasteiger partial charge in [-0.3, -0.25) is 0 Å². The van der Waals surface area contributed by atoms with Crippen molar-refractivity contribution in [1.82, 2.24) is 0 Å². The van der Waals surface area contributed by atoms with Gasteiger partial charge in [0.15, 0.2) is 0 Å². The number of carbonyl (C=O) groups excluding carboxylic acids is 2. The van der Waals surface area contributed by atoms with Crippen LogP contribution in [0.1, 0.15) is 49.7 Å². The Hall–Kier alpha value is -3.24. The van der Waals surface area contributed by atoms with Gasteiger partial charge in [-0.25, -0.2) is 19.2 Å². The number of ether oxygens (including phenoxy) is 2. The molecule has 0 aromatic heterocycles. The van der Waals surface area contributed by atoms with Crippen molar-refractivity contribution >= 4 is 23.9 Å². The Morgan fingerprint density at radius 2 is 1.67 bits per heavy atom. The van der Waals surface area contributed by atoms with Gasteiger partial charge in [-0.2, -0.15) is 0 Å². The first-order valence-corrected chi connectivity index (χ1v) is 7.53. The molecule has 0 saturated heterocycles. The summed E-state index contributed by atoms with van der Waals surface area (Å²) in [5.41, 5.74) is -2.14. The standard InChI is InChI=1S/C17H18O10/c1-8(2)16(24)26-3-4-27-17(25)11-6-9(14(20)21)5-10(12(19)7-18)13(11)15(22)23/h5-6,12,18-19H,1,3-4,7H2,2H3,(H,20,21)(H,22,23). The van der Waals surface area contributed by atoms with Gasteiger partial charge in [-0.1, -0.05) is 6.58 Å². The fourth-order valence-corrected chi connectivity index (χ4v) is 2.02. The van der Waals surface area contributed by atoms with Crippen molar-refractivity contribution in [1.29, 1.82) is 0 Å². The summed E-state index contributed by atoms with van der Waals surface area (Å²) in [5.74, 6) is -5.02. The van der Waals surface area contributed by atoms with Gasteiger partial charge in [0.25, 0.3) is 0 Å². The Kier molecular flexibility index (Phi) is 7.64. The lowest BCUT2D eigenvalue weighted by Crippen LogP contribution is -2.20. The number of aromatic carboxylic acids is 2. The van der Waals surface area contributed by atoms with Crippen LogP contribution in [0, 0.1) is 0 Å². The van der Waals surface area contributed by atoms with Crippen LogP contribution in [-0.4, -0.2) is 64.1 Å². The van der Waals surface area contributed by atoms with E-state index in [-0.39, 0.29) is 12.2 Å². The molecule has 0 bridgehead atoms. The van der Waals surface area contributed by atoms with E-state index in [2.05, 4.69) is 6.58 Å². The van der Waals surface area contributed by atoms with Crippen LogP contribution in [0.15, 0.2) is 24.3 Å². The first-order chi connectivity index (χ1) is 12.6. The Morgan fingerprint density at radius 1 is 1.07 bits per heavy atom. The summed E-state index contributed by atoms with van der Waals surface area (Å²) in [6.07, 6.45) is -1.72. The maximum Gasteiger partial charge on any atom is 0.339 e. The molecule has 10 heteroatoms. The minimum absolute atomic E-state index is 0.131. The van der Waals surface area contributed by atoms with Crippen molar-refractivity contribution in [3.63, 3.8) is 0 Å². The highest BCUT2D eigenvalue weighted by Crippen LogP contribution is 2.25. The Balaban J connectivity index is 3.16. The molecule has 0 fully saturated rings. The van der Waals surface area contributed by atoms with Gasteiger partial charge in [0.2, 0.25) is 0 Å². The molecule has 0 aliphatic heterocycles. The molecule has 0 radical (unpaired) electrons. The molecular weight excluding hydrogens is 364 g/mol. The summed E-state index contributed by atoms with van der Waals surface area (Å²) in [5, 5.41) is 37.3. The third-order valence-electron chi connectivity index (χ3n) is 3.28. The molecule has 1 aromatic carbocycles. The number of esters is 2. The first kappa shape index (κ1) is 21.8. The molecule has 146 valence electrons. The minimum Gasteiger partial charge on any atom is -0.478 e. The predicted octanol–water partition coefficient (Wildman–Crippen LogP) is 0.385. The summed E-state index contributed by atoms with van der Waals surface area (Å²) in [6.45, 7) is 3.13. The highest BCUT2D eigenvalue weighted by molar-refractivity contribution is 6.05. The second kappa shape index (κ2) is 9.46. The van der Waals surface area contributed by atoms with Crippen LogP contribution < -0.4 is 0 Å². The van der Waals surface area contributed by atoms with Crippen molar-refractivity contribution < 1.29 is 49.1 Å². The lowest BCUT2D eigenvalue weighted by atomic mass is 9.94. The van der Waals surface area contributed by atoms with Crippen LogP contribution in [0.3, 0.4) is 0 Å². The topological polar surface area (TPSA) is 168 Å². The largest absolute Gasteiger partial charge is 0.478 e. The number of carboxylic acid groups (broad SMARTS) is 2. The number of aliphatic hydroxyl groups is 2. The fraction of sp³-hybridized carbons (Fsp3) is 0.294. The molecule has 0 saturated carbocycles. The zero-order valence-corrected chi connectivity index (χ0v) is 14.3. The maximum atomic E-state index is 12.2. The number of benzene rings is 1. The van der Waals surface area contributed by atoms with E-state index in [4.69, 9.17) is 19.7 Å². The molecule has 27 heavy (non-hydrogen) atoms. The predicted molar refractivity (Wildman–Crippen MR) is 88.5 cm³/mol. The maximum absolute atomic E-state index is 12.2. The molecule has 1 atom stereocenters. The van der Waals surface area contributed by atoms with Crippen LogP contribution >= 0.6 is 0 Å². The van der Waals surface area contributed by atoms with Crippen LogP contribution in [0.5, 0.6) is 0 Å². The summed E-state index contributed by atoms with van der Waals surface area (Å²) in [7, 11) is 0. The van der Waals surface area contributed by atoms with Crippen molar-refractivity contribution in [2.75, 3.05) is 19.8 Å². The quantitative estimate of drug-likeness (QED) is 0.266. The lowest BCUT2D eigenvalue weighted by Gasteiger charge is -2.16. The molecule has 1 rings (SSSR count). The molecule has 4 N–H and O–H groups in total. The summed E-state index contributed by atoms with van der Waals surface area (Å²) in [6, 6.07) is 1.62. The number of carboxylic acids is 2. The highest BCUT2D eigenvalue weighted by Gasteiger charge is 2.27. The van der Waals surface area contributed by atoms with Gasteiger partial charge in [-0.15, -0.1) is 0 Å². The van der Waals surface area contributed by atoms with Gasteiger partial charge in [0, 0.05) is 5.57 Å². The average molecular weight is 382 g/mol. The van der Waals surface area contributed by atoms with Crippen LogP contribution in [0.2, 0.25) is 0 Å². The van der Waals surface area contributed by atoms with Gasteiger partial charge in [-0.05, 0) is 24.6 Å². The number of rotatable bonds is 9. The van der Waals surface area contributed by atoms with Crippen LogP contribution in [0.4, 0.5) is 0 Å². The Morgan fingerprint density at radius 3 is 2.15 bits per heavy atom. The molecule has 0 heterocycles. The van der Waals surface area contributed by atoms with E-state index in [0.29, 0.717) is 0 Å². The molecule has 10 nitrogen and oxygen atoms in total. The highest BCUT2D eigenvalue weighted by atomic mass is 16.6. The zero-order chi connectivity index (χ0) is 20.7. The molecule has 0 spiro atoms. The normalized spacial score (nSPS) is 11.4. The first-order valence-electron chi connectivity index (χ1n) is 7.53. The molecular formula is C17H18O10. The summed E-state index contributed by atoms with van der Waals surface area (Å²) >= 11 is 0. The summed E-state index contributed by atoms with van der Waals surface area (Å²) in [4.78, 5) is 46.1. The van der Waals surface area contributed by atoms with Gasteiger partial charge in [0.1, 0.15) is 19.3 Å². The number of carbonyl (C=O) groups is 4. The van der Waals surface area contributed by atoms with E-state index < -0.39 is 65.4 Å². The SMILES string of the molecule is C=C(C)C(=O)OCCOC(=O)c1cc(C(=O)O)cc(C(O)CO)c1C(=O)O. The van der Waals surface area contributed by atoms with Crippen molar-refractivity contribution in [3.8, 4) is 0 Å². The number of hydrogen-bond donors (Lipinski definition) is 4. The zero-order valence-electron chi connectivity index (χ0n) is 14.3. The van der Waals surface area contributed by atoms with E-state index in [1.807, 2.05) is 0 Å². The minimum atomic E-state index is -1.72. The molecule has 1 aromatic rings. The van der Waals surface area contributed by atoms with Gasteiger partial charge in [0.05, 0.1) is 23.3 Å². The smallest absolute Gasteiger partial charge is 0.339 e. The average Bonchev–Trinajstić information content (AvgIpc) is 2.62. The van der Waals surface area contributed by atoms with E-state index in [9.17, 15) is 29.4 Å². The monoisotopic (exact) mass is 382 g/mol. The van der Waals surface area contributed by atoms with Gasteiger partial charge < -0.3 is 29.9 Å². The van der Waals surface area contributed by atoms with Crippen LogP contribution in [-0.2, 0) is 14.3 Å². The van der Waals surface area contributed by atoms with Crippen molar-refractivity contribution in [3.05, 3.63) is 46.5 Å². The van der Waals surface area contributed by atoms with Crippen molar-refractivity contribution in [2.45, 2.75) is 13.0 Å². The second-order valence-electron chi connectivity index (χ2n) is 5.35. The molecule has 0 aliphatic rings. The fourth-order valence-electron chi connectivity index (χ4n) is 2.02. The third-order valence-corrected chi connectivity index (χ3v) is 3.28. The molecule has 0 aliphatic carbocycles. The van der Waals surface area contributed by atoms with E-state index in [0.717, 1.165) is 12.1 Å². The third kappa shape index (κ3) is 5.62. The number of hydrogen-bond acceptors (Lipinski definition) is 8. The summed E-state index contributed by atoms with van der Waals surface area (Å²) < 4.78 is 9.52.